The molecule has 0 aromatic rings. The van der Waals surface area contributed by atoms with E-state index in [-0.39, 0.29) is 12.0 Å². The summed E-state index contributed by atoms with van der Waals surface area (Å²) in [4.78, 5) is 11.2. The summed E-state index contributed by atoms with van der Waals surface area (Å²) < 4.78 is 0. The zero-order valence-electron chi connectivity index (χ0n) is 7.76. The van der Waals surface area contributed by atoms with Gasteiger partial charge in [0.05, 0.1) is 0 Å². The normalized spacial score (nSPS) is 16.0. The van der Waals surface area contributed by atoms with Gasteiger partial charge in [-0.05, 0) is 19.8 Å². The maximum atomic E-state index is 11.2. The molecule has 0 aliphatic heterocycles. The van der Waals surface area contributed by atoms with E-state index in [4.69, 9.17) is 5.73 Å². The second-order valence-electron chi connectivity index (χ2n) is 3.29. The third-order valence-corrected chi connectivity index (χ3v) is 2.01. The number of ketones is 1. The Morgan fingerprint density at radius 2 is 2.00 bits per heavy atom. The van der Waals surface area contributed by atoms with E-state index in [1.807, 2.05) is 20.8 Å². The average molecular weight is 157 g/mol. The van der Waals surface area contributed by atoms with Crippen LogP contribution in [0.15, 0.2) is 0 Å². The molecule has 0 aliphatic carbocycles. The Morgan fingerprint density at radius 3 is 2.36 bits per heavy atom. The van der Waals surface area contributed by atoms with Crippen molar-refractivity contribution in [2.24, 2.45) is 11.7 Å². The van der Waals surface area contributed by atoms with Crippen molar-refractivity contribution in [3.8, 4) is 0 Å². The molecule has 0 bridgehead atoms. The molecule has 11 heavy (non-hydrogen) atoms. The molecule has 0 saturated heterocycles. The minimum Gasteiger partial charge on any atom is -0.328 e. The Hall–Kier alpha value is -0.370. The number of hydrogen-bond acceptors (Lipinski definition) is 2. The van der Waals surface area contributed by atoms with Gasteiger partial charge in [-0.25, -0.2) is 0 Å². The van der Waals surface area contributed by atoms with Crippen LogP contribution in [-0.2, 0) is 4.79 Å². The number of nitrogens with two attached hydrogens (primary N) is 1. The van der Waals surface area contributed by atoms with Gasteiger partial charge in [0.15, 0.2) is 0 Å². The third kappa shape index (κ3) is 4.96. The van der Waals surface area contributed by atoms with Gasteiger partial charge in [-0.3, -0.25) is 4.79 Å². The van der Waals surface area contributed by atoms with Crippen molar-refractivity contribution in [2.75, 3.05) is 0 Å². The van der Waals surface area contributed by atoms with Crippen LogP contribution in [0.3, 0.4) is 0 Å². The first kappa shape index (κ1) is 10.6. The zero-order chi connectivity index (χ0) is 8.85. The second-order valence-corrected chi connectivity index (χ2v) is 3.29. The molecule has 0 aromatic carbocycles. The Bertz CT molecular complexity index is 121. The number of rotatable bonds is 5. The molecular weight excluding hydrogens is 138 g/mol. The molecule has 0 saturated carbocycles. The maximum Gasteiger partial charge on any atom is 0.135 e. The molecular formula is C9H19NO. The van der Waals surface area contributed by atoms with E-state index in [1.165, 1.54) is 0 Å². The van der Waals surface area contributed by atoms with Crippen LogP contribution in [0.25, 0.3) is 0 Å². The van der Waals surface area contributed by atoms with E-state index < -0.39 is 0 Å². The molecule has 0 spiro atoms. The van der Waals surface area contributed by atoms with Crippen LogP contribution in [0.2, 0.25) is 0 Å². The maximum absolute atomic E-state index is 11.2. The fraction of sp³-hybridized carbons (Fsp3) is 0.889. The molecule has 2 unspecified atom stereocenters. The third-order valence-electron chi connectivity index (χ3n) is 2.01. The number of carbonyl (C=O) groups excluding carboxylic acids is 1. The van der Waals surface area contributed by atoms with Gasteiger partial charge in [0.25, 0.3) is 0 Å². The standard InChI is InChI=1S/C9H19NO/c1-4-7(2)9(11)6-5-8(3)10/h7-8H,4-6,10H2,1-3H3. The molecule has 66 valence electrons. The van der Waals surface area contributed by atoms with Gasteiger partial charge in [-0.2, -0.15) is 0 Å². The predicted molar refractivity (Wildman–Crippen MR) is 47.3 cm³/mol. The van der Waals surface area contributed by atoms with Crippen molar-refractivity contribution >= 4 is 5.78 Å². The topological polar surface area (TPSA) is 43.1 Å². The van der Waals surface area contributed by atoms with Gasteiger partial charge in [-0.1, -0.05) is 13.8 Å². The van der Waals surface area contributed by atoms with Gasteiger partial charge < -0.3 is 5.73 Å². The quantitative estimate of drug-likeness (QED) is 0.660. The van der Waals surface area contributed by atoms with Crippen LogP contribution < -0.4 is 5.73 Å². The lowest BCUT2D eigenvalue weighted by Gasteiger charge is -2.08. The first-order valence-electron chi connectivity index (χ1n) is 4.36. The van der Waals surface area contributed by atoms with Gasteiger partial charge in [0.2, 0.25) is 0 Å². The number of carbonyl (C=O) groups is 1. The van der Waals surface area contributed by atoms with Crippen molar-refractivity contribution in [3.05, 3.63) is 0 Å². The van der Waals surface area contributed by atoms with Gasteiger partial charge in [-0.15, -0.1) is 0 Å². The summed E-state index contributed by atoms with van der Waals surface area (Å²) in [7, 11) is 0. The van der Waals surface area contributed by atoms with E-state index in [1.54, 1.807) is 0 Å². The molecule has 2 N–H and O–H groups in total. The van der Waals surface area contributed by atoms with Crippen molar-refractivity contribution in [2.45, 2.75) is 46.1 Å². The minimum absolute atomic E-state index is 0.156. The fourth-order valence-corrected chi connectivity index (χ4v) is 0.844. The summed E-state index contributed by atoms with van der Waals surface area (Å²) in [6.45, 7) is 5.95. The van der Waals surface area contributed by atoms with Gasteiger partial charge in [0.1, 0.15) is 5.78 Å². The van der Waals surface area contributed by atoms with Gasteiger partial charge >= 0.3 is 0 Å². The summed E-state index contributed by atoms with van der Waals surface area (Å²) in [6, 6.07) is 0.156. The minimum atomic E-state index is 0.156. The van der Waals surface area contributed by atoms with E-state index >= 15 is 0 Å². The molecule has 0 amide bonds. The molecule has 2 atom stereocenters. The lowest BCUT2D eigenvalue weighted by Crippen LogP contribution is -2.18. The highest BCUT2D eigenvalue weighted by molar-refractivity contribution is 5.80. The predicted octanol–water partition coefficient (Wildman–Crippen LogP) is 1.73. The zero-order valence-corrected chi connectivity index (χ0v) is 7.76. The Balaban J connectivity index is 3.52. The van der Waals surface area contributed by atoms with Crippen molar-refractivity contribution < 1.29 is 4.79 Å². The lowest BCUT2D eigenvalue weighted by molar-refractivity contribution is -0.122. The van der Waals surface area contributed by atoms with Crippen LogP contribution in [0.4, 0.5) is 0 Å². The number of hydrogen-bond donors (Lipinski definition) is 1. The van der Waals surface area contributed by atoms with Crippen LogP contribution in [0.5, 0.6) is 0 Å². The SMILES string of the molecule is CCC(C)C(=O)CCC(C)N. The smallest absolute Gasteiger partial charge is 0.135 e. The van der Waals surface area contributed by atoms with Crippen LogP contribution in [0.1, 0.15) is 40.0 Å². The first-order chi connectivity index (χ1) is 5.07. The molecule has 0 aliphatic rings. The summed E-state index contributed by atoms with van der Waals surface area (Å²) in [5, 5.41) is 0. The van der Waals surface area contributed by atoms with E-state index in [9.17, 15) is 4.79 Å². The monoisotopic (exact) mass is 157 g/mol. The van der Waals surface area contributed by atoms with Crippen molar-refractivity contribution in [1.82, 2.24) is 0 Å². The molecule has 0 rings (SSSR count). The van der Waals surface area contributed by atoms with Crippen LogP contribution in [-0.4, -0.2) is 11.8 Å². The highest BCUT2D eigenvalue weighted by Gasteiger charge is 2.10. The van der Waals surface area contributed by atoms with Crippen molar-refractivity contribution in [3.63, 3.8) is 0 Å². The Kier molecular flexibility index (Phi) is 5.12. The summed E-state index contributed by atoms with van der Waals surface area (Å²) in [6.07, 6.45) is 2.41. The van der Waals surface area contributed by atoms with Crippen molar-refractivity contribution in [1.29, 1.82) is 0 Å². The molecule has 2 nitrogen and oxygen atoms in total. The van der Waals surface area contributed by atoms with Crippen LogP contribution >= 0.6 is 0 Å². The fourth-order valence-electron chi connectivity index (χ4n) is 0.844. The molecule has 0 fully saturated rings. The first-order valence-corrected chi connectivity index (χ1v) is 4.36. The molecule has 0 radical (unpaired) electrons. The molecule has 0 heterocycles. The second kappa shape index (κ2) is 5.30. The summed E-state index contributed by atoms with van der Waals surface area (Å²) >= 11 is 0. The summed E-state index contributed by atoms with van der Waals surface area (Å²) in [5.74, 6) is 0.568. The van der Waals surface area contributed by atoms with E-state index in [0.29, 0.717) is 12.2 Å². The Labute approximate surface area is 69.2 Å². The largest absolute Gasteiger partial charge is 0.328 e. The summed E-state index contributed by atoms with van der Waals surface area (Å²) in [5.41, 5.74) is 5.53. The molecule has 0 aromatic heterocycles. The Morgan fingerprint density at radius 1 is 1.45 bits per heavy atom. The lowest BCUT2D eigenvalue weighted by atomic mass is 9.98. The highest BCUT2D eigenvalue weighted by atomic mass is 16.1. The van der Waals surface area contributed by atoms with Gasteiger partial charge in [0, 0.05) is 18.4 Å². The van der Waals surface area contributed by atoms with E-state index in [2.05, 4.69) is 0 Å². The molecule has 2 heteroatoms. The van der Waals surface area contributed by atoms with E-state index in [0.717, 1.165) is 12.8 Å². The average Bonchev–Trinajstić information content (AvgIpc) is 1.98. The number of Topliss-reactive ketones (excluding diaryl/α,β-unsaturated/α-hetero) is 1. The van der Waals surface area contributed by atoms with Crippen LogP contribution in [0, 0.1) is 5.92 Å². The highest BCUT2D eigenvalue weighted by Crippen LogP contribution is 2.07.